The molecule has 108 valence electrons. The van der Waals surface area contributed by atoms with E-state index in [1.54, 1.807) is 16.8 Å². The number of rotatable bonds is 3. The van der Waals surface area contributed by atoms with Gasteiger partial charge >= 0.3 is 0 Å². The van der Waals surface area contributed by atoms with Crippen LogP contribution < -0.4 is 5.56 Å². The molecule has 20 heavy (non-hydrogen) atoms. The van der Waals surface area contributed by atoms with Gasteiger partial charge in [-0.3, -0.25) is 9.59 Å². The van der Waals surface area contributed by atoms with Crippen LogP contribution in [0.3, 0.4) is 0 Å². The summed E-state index contributed by atoms with van der Waals surface area (Å²) in [7, 11) is 0. The highest BCUT2D eigenvalue weighted by Crippen LogP contribution is 2.32. The Kier molecular flexibility index (Phi) is 3.59. The van der Waals surface area contributed by atoms with Gasteiger partial charge < -0.3 is 4.90 Å². The van der Waals surface area contributed by atoms with Crippen LogP contribution in [0.2, 0.25) is 0 Å². The highest BCUT2D eigenvalue weighted by atomic mass is 16.2. The molecule has 1 aromatic rings. The number of hydrogen-bond donors (Lipinski definition) is 0. The summed E-state index contributed by atoms with van der Waals surface area (Å²) in [5.74, 6) is 1.10. The van der Waals surface area contributed by atoms with Crippen molar-refractivity contribution in [1.82, 2.24) is 14.7 Å². The van der Waals surface area contributed by atoms with E-state index in [0.29, 0.717) is 24.3 Å². The third-order valence-corrected chi connectivity index (χ3v) is 4.28. The predicted octanol–water partition coefficient (Wildman–Crippen LogP) is 1.20. The predicted molar refractivity (Wildman–Crippen MR) is 75.3 cm³/mol. The van der Waals surface area contributed by atoms with Crippen LogP contribution in [0.15, 0.2) is 16.9 Å². The van der Waals surface area contributed by atoms with E-state index >= 15 is 0 Å². The topological polar surface area (TPSA) is 55.2 Å². The van der Waals surface area contributed by atoms with Gasteiger partial charge in [-0.2, -0.15) is 5.10 Å². The van der Waals surface area contributed by atoms with Crippen LogP contribution in [0.5, 0.6) is 0 Å². The van der Waals surface area contributed by atoms with Crippen LogP contribution in [-0.4, -0.2) is 33.7 Å². The fourth-order valence-corrected chi connectivity index (χ4v) is 2.85. The SMILES string of the molecule is Cc1ccc(=O)n(CC2CCN(C(=O)C3CC3)CC2)n1. The van der Waals surface area contributed by atoms with E-state index < -0.39 is 0 Å². The highest BCUT2D eigenvalue weighted by molar-refractivity contribution is 5.81. The molecule has 5 nitrogen and oxygen atoms in total. The minimum absolute atomic E-state index is 0.0351. The second kappa shape index (κ2) is 5.38. The van der Waals surface area contributed by atoms with E-state index in [2.05, 4.69) is 5.10 Å². The highest BCUT2D eigenvalue weighted by Gasteiger charge is 2.34. The molecule has 5 heteroatoms. The molecular weight excluding hydrogens is 254 g/mol. The zero-order valence-corrected chi connectivity index (χ0v) is 11.9. The average Bonchev–Trinajstić information content (AvgIpc) is 3.27. The molecule has 1 aromatic heterocycles. The van der Waals surface area contributed by atoms with E-state index in [1.807, 2.05) is 11.8 Å². The van der Waals surface area contributed by atoms with Crippen molar-refractivity contribution < 1.29 is 4.79 Å². The third-order valence-electron chi connectivity index (χ3n) is 4.28. The Balaban J connectivity index is 1.57. The summed E-state index contributed by atoms with van der Waals surface area (Å²) in [4.78, 5) is 25.7. The number of carbonyl (C=O) groups is 1. The lowest BCUT2D eigenvalue weighted by Gasteiger charge is -2.32. The van der Waals surface area contributed by atoms with Gasteiger partial charge in [0.15, 0.2) is 0 Å². The standard InChI is InChI=1S/C15H21N3O2/c1-11-2-5-14(19)18(16-11)10-12-6-8-17(9-7-12)15(20)13-3-4-13/h2,5,12-13H,3-4,6-10H2,1H3. The lowest BCUT2D eigenvalue weighted by molar-refractivity contribution is -0.134. The van der Waals surface area contributed by atoms with Crippen LogP contribution in [-0.2, 0) is 11.3 Å². The van der Waals surface area contributed by atoms with Gasteiger partial charge in [0.1, 0.15) is 0 Å². The van der Waals surface area contributed by atoms with Gasteiger partial charge in [-0.25, -0.2) is 4.68 Å². The first-order valence-corrected chi connectivity index (χ1v) is 7.47. The van der Waals surface area contributed by atoms with Crippen molar-refractivity contribution in [2.75, 3.05) is 13.1 Å². The molecule has 2 heterocycles. The molecule has 0 aromatic carbocycles. The fraction of sp³-hybridized carbons (Fsp3) is 0.667. The molecule has 1 amide bonds. The quantitative estimate of drug-likeness (QED) is 0.833. The van der Waals surface area contributed by atoms with Crippen LogP contribution >= 0.6 is 0 Å². The summed E-state index contributed by atoms with van der Waals surface area (Å²) in [5.41, 5.74) is 0.832. The van der Waals surface area contributed by atoms with Crippen molar-refractivity contribution in [2.24, 2.45) is 11.8 Å². The Morgan fingerprint density at radius 2 is 1.95 bits per heavy atom. The van der Waals surface area contributed by atoms with Crippen LogP contribution in [0.1, 0.15) is 31.4 Å². The van der Waals surface area contributed by atoms with Crippen LogP contribution in [0.25, 0.3) is 0 Å². The molecule has 0 bridgehead atoms. The average molecular weight is 275 g/mol. The number of aryl methyl sites for hydroxylation is 1. The Morgan fingerprint density at radius 1 is 1.25 bits per heavy atom. The molecule has 0 N–H and O–H groups in total. The van der Waals surface area contributed by atoms with Gasteiger partial charge in [0.2, 0.25) is 5.91 Å². The molecule has 1 aliphatic heterocycles. The first-order chi connectivity index (χ1) is 9.63. The Labute approximate surface area is 118 Å². The number of carbonyl (C=O) groups excluding carboxylic acids is 1. The maximum atomic E-state index is 12.0. The van der Waals surface area contributed by atoms with E-state index in [9.17, 15) is 9.59 Å². The third kappa shape index (κ3) is 2.92. The first kappa shape index (κ1) is 13.3. The van der Waals surface area contributed by atoms with Crippen molar-refractivity contribution in [3.8, 4) is 0 Å². The molecule has 2 aliphatic rings. The maximum absolute atomic E-state index is 12.0. The molecule has 0 unspecified atom stereocenters. The monoisotopic (exact) mass is 275 g/mol. The van der Waals surface area contributed by atoms with Gasteiger partial charge in [-0.1, -0.05) is 0 Å². The fourth-order valence-electron chi connectivity index (χ4n) is 2.85. The Morgan fingerprint density at radius 3 is 2.60 bits per heavy atom. The van der Waals surface area contributed by atoms with Crippen molar-refractivity contribution in [1.29, 1.82) is 0 Å². The van der Waals surface area contributed by atoms with Gasteiger partial charge in [0.05, 0.1) is 5.69 Å². The smallest absolute Gasteiger partial charge is 0.266 e. The van der Waals surface area contributed by atoms with Crippen molar-refractivity contribution in [3.05, 3.63) is 28.2 Å². The second-order valence-corrected chi connectivity index (χ2v) is 6.04. The number of amides is 1. The van der Waals surface area contributed by atoms with E-state index in [4.69, 9.17) is 0 Å². The van der Waals surface area contributed by atoms with Crippen molar-refractivity contribution in [3.63, 3.8) is 0 Å². The van der Waals surface area contributed by atoms with Crippen LogP contribution in [0.4, 0.5) is 0 Å². The van der Waals surface area contributed by atoms with Gasteiger partial charge in [0, 0.05) is 31.6 Å². The van der Waals surface area contributed by atoms with Crippen molar-refractivity contribution in [2.45, 2.75) is 39.2 Å². The van der Waals surface area contributed by atoms with Crippen molar-refractivity contribution >= 4 is 5.91 Å². The summed E-state index contributed by atoms with van der Waals surface area (Å²) in [6, 6.07) is 3.32. The Bertz CT molecular complexity index is 554. The van der Waals surface area contributed by atoms with Gasteiger partial charge in [0.25, 0.3) is 5.56 Å². The number of aromatic nitrogens is 2. The molecule has 2 fully saturated rings. The van der Waals surface area contributed by atoms with E-state index in [1.165, 1.54) is 0 Å². The molecule has 1 saturated heterocycles. The second-order valence-electron chi connectivity index (χ2n) is 6.04. The van der Waals surface area contributed by atoms with E-state index in [0.717, 1.165) is 44.5 Å². The summed E-state index contributed by atoms with van der Waals surface area (Å²) in [6.45, 7) is 4.24. The zero-order valence-electron chi connectivity index (χ0n) is 11.9. The van der Waals surface area contributed by atoms with Gasteiger partial charge in [-0.05, 0) is 44.6 Å². The molecule has 1 aliphatic carbocycles. The zero-order chi connectivity index (χ0) is 14.1. The van der Waals surface area contributed by atoms with Gasteiger partial charge in [-0.15, -0.1) is 0 Å². The Hall–Kier alpha value is -1.65. The summed E-state index contributed by atoms with van der Waals surface area (Å²) in [6.07, 6.45) is 4.09. The summed E-state index contributed by atoms with van der Waals surface area (Å²) < 4.78 is 1.57. The molecule has 0 radical (unpaired) electrons. The molecular formula is C15H21N3O2. The molecule has 1 saturated carbocycles. The number of likely N-dealkylation sites (tertiary alicyclic amines) is 1. The lowest BCUT2D eigenvalue weighted by Crippen LogP contribution is -2.41. The molecule has 3 rings (SSSR count). The lowest BCUT2D eigenvalue weighted by atomic mass is 9.96. The summed E-state index contributed by atoms with van der Waals surface area (Å²) in [5, 5.41) is 4.28. The largest absolute Gasteiger partial charge is 0.342 e. The summed E-state index contributed by atoms with van der Waals surface area (Å²) >= 11 is 0. The normalized spacial score (nSPS) is 20.1. The first-order valence-electron chi connectivity index (χ1n) is 7.47. The van der Waals surface area contributed by atoms with Crippen LogP contribution in [0, 0.1) is 18.8 Å². The minimum atomic E-state index is -0.0351. The number of nitrogens with zero attached hydrogens (tertiary/aromatic N) is 3. The molecule has 0 atom stereocenters. The van der Waals surface area contributed by atoms with E-state index in [-0.39, 0.29) is 5.56 Å². The minimum Gasteiger partial charge on any atom is -0.342 e. The maximum Gasteiger partial charge on any atom is 0.266 e. The molecule has 0 spiro atoms. The number of piperidine rings is 1. The number of hydrogen-bond acceptors (Lipinski definition) is 3.